The van der Waals surface area contributed by atoms with Gasteiger partial charge in [-0.25, -0.2) is 4.79 Å². The molecule has 1 aromatic heterocycles. The lowest BCUT2D eigenvalue weighted by molar-refractivity contribution is -0.137. The van der Waals surface area contributed by atoms with Crippen molar-refractivity contribution in [3.05, 3.63) is 24.0 Å². The summed E-state index contributed by atoms with van der Waals surface area (Å²) >= 11 is 0. The SMILES string of the molecule is CON(C(=O)OC(C)(C)C)c1cncc(C(F)(F)F)c1. The van der Waals surface area contributed by atoms with Crippen molar-refractivity contribution in [3.63, 3.8) is 0 Å². The Hall–Kier alpha value is -1.83. The van der Waals surface area contributed by atoms with Crippen LogP contribution in [-0.2, 0) is 15.8 Å². The first-order chi connectivity index (χ1) is 9.04. The molecule has 0 N–H and O–H groups in total. The van der Waals surface area contributed by atoms with Crippen molar-refractivity contribution in [1.29, 1.82) is 0 Å². The number of alkyl halides is 3. The number of ether oxygens (including phenoxy) is 1. The minimum Gasteiger partial charge on any atom is -0.442 e. The first kappa shape index (κ1) is 16.2. The van der Waals surface area contributed by atoms with Gasteiger partial charge in [0.2, 0.25) is 0 Å². The normalized spacial score (nSPS) is 12.2. The van der Waals surface area contributed by atoms with Gasteiger partial charge < -0.3 is 4.74 Å². The van der Waals surface area contributed by atoms with Crippen LogP contribution < -0.4 is 5.06 Å². The van der Waals surface area contributed by atoms with E-state index in [1.165, 1.54) is 0 Å². The molecule has 0 aromatic carbocycles. The van der Waals surface area contributed by atoms with Gasteiger partial charge >= 0.3 is 12.3 Å². The fourth-order valence-electron chi connectivity index (χ4n) is 1.28. The molecule has 1 heterocycles. The molecule has 20 heavy (non-hydrogen) atoms. The Kier molecular flexibility index (Phi) is 4.59. The maximum Gasteiger partial charge on any atom is 0.439 e. The van der Waals surface area contributed by atoms with Gasteiger partial charge in [0.25, 0.3) is 0 Å². The van der Waals surface area contributed by atoms with Crippen molar-refractivity contribution in [3.8, 4) is 0 Å². The van der Waals surface area contributed by atoms with Crippen molar-refractivity contribution in [2.45, 2.75) is 32.5 Å². The largest absolute Gasteiger partial charge is 0.442 e. The van der Waals surface area contributed by atoms with Gasteiger partial charge in [-0.3, -0.25) is 9.82 Å². The van der Waals surface area contributed by atoms with Crippen molar-refractivity contribution < 1.29 is 27.5 Å². The van der Waals surface area contributed by atoms with Gasteiger partial charge in [-0.15, -0.1) is 0 Å². The lowest BCUT2D eigenvalue weighted by Crippen LogP contribution is -2.36. The maximum absolute atomic E-state index is 12.6. The highest BCUT2D eigenvalue weighted by atomic mass is 19.4. The molecule has 0 saturated heterocycles. The fraction of sp³-hybridized carbons (Fsp3) is 0.500. The van der Waals surface area contributed by atoms with Gasteiger partial charge in [0.1, 0.15) is 5.60 Å². The number of hydrogen-bond acceptors (Lipinski definition) is 4. The maximum atomic E-state index is 12.6. The average molecular weight is 292 g/mol. The molecule has 0 bridgehead atoms. The van der Waals surface area contributed by atoms with Gasteiger partial charge in [0.05, 0.1) is 24.6 Å². The third-order valence-corrected chi connectivity index (χ3v) is 2.03. The molecule has 0 fully saturated rings. The quantitative estimate of drug-likeness (QED) is 0.784. The molecule has 0 spiro atoms. The summed E-state index contributed by atoms with van der Waals surface area (Å²) in [4.78, 5) is 20.0. The van der Waals surface area contributed by atoms with Crippen LogP contribution in [0.15, 0.2) is 18.5 Å². The minimum absolute atomic E-state index is 0.170. The number of aromatic nitrogens is 1. The zero-order chi connectivity index (χ0) is 15.6. The third-order valence-electron chi connectivity index (χ3n) is 2.03. The zero-order valence-electron chi connectivity index (χ0n) is 11.5. The Bertz CT molecular complexity index is 484. The van der Waals surface area contributed by atoms with E-state index < -0.39 is 23.4 Å². The number of hydrogen-bond donors (Lipinski definition) is 0. The van der Waals surface area contributed by atoms with E-state index in [1.807, 2.05) is 0 Å². The summed E-state index contributed by atoms with van der Waals surface area (Å²) in [6.07, 6.45) is -3.76. The molecule has 1 rings (SSSR count). The number of carbonyl (C=O) groups is 1. The van der Waals surface area contributed by atoms with Crippen LogP contribution in [0.5, 0.6) is 0 Å². The molecule has 0 atom stereocenters. The number of pyridine rings is 1. The zero-order valence-corrected chi connectivity index (χ0v) is 11.5. The predicted octanol–water partition coefficient (Wildman–Crippen LogP) is 3.40. The van der Waals surface area contributed by atoms with Crippen LogP contribution in [0.3, 0.4) is 0 Å². The topological polar surface area (TPSA) is 51.7 Å². The number of rotatable bonds is 2. The Morgan fingerprint density at radius 3 is 2.30 bits per heavy atom. The van der Waals surface area contributed by atoms with E-state index in [2.05, 4.69) is 4.98 Å². The van der Waals surface area contributed by atoms with E-state index >= 15 is 0 Å². The smallest absolute Gasteiger partial charge is 0.439 e. The first-order valence-electron chi connectivity index (χ1n) is 5.64. The molecule has 0 unspecified atom stereocenters. The van der Waals surface area contributed by atoms with E-state index in [9.17, 15) is 18.0 Å². The van der Waals surface area contributed by atoms with Crippen molar-refractivity contribution in [2.24, 2.45) is 0 Å². The summed E-state index contributed by atoms with van der Waals surface area (Å²) in [7, 11) is 1.14. The molecule has 8 heteroatoms. The molecule has 0 aliphatic rings. The predicted molar refractivity (Wildman–Crippen MR) is 65.0 cm³/mol. The summed E-state index contributed by atoms with van der Waals surface area (Å²) in [5.41, 5.74) is -1.96. The van der Waals surface area contributed by atoms with E-state index in [4.69, 9.17) is 9.57 Å². The van der Waals surface area contributed by atoms with Crippen LogP contribution in [0.2, 0.25) is 0 Å². The van der Waals surface area contributed by atoms with Crippen LogP contribution in [0.25, 0.3) is 0 Å². The second-order valence-corrected chi connectivity index (χ2v) is 4.89. The molecule has 112 valence electrons. The minimum atomic E-state index is -4.56. The third kappa shape index (κ3) is 4.37. The summed E-state index contributed by atoms with van der Waals surface area (Å²) < 4.78 is 42.8. The molecule has 5 nitrogen and oxygen atoms in total. The molecular weight excluding hydrogens is 277 g/mol. The van der Waals surface area contributed by atoms with E-state index in [0.717, 1.165) is 19.4 Å². The highest BCUT2D eigenvalue weighted by Gasteiger charge is 2.32. The van der Waals surface area contributed by atoms with Gasteiger partial charge in [0, 0.05) is 6.20 Å². The molecule has 0 aliphatic heterocycles. The monoisotopic (exact) mass is 292 g/mol. The number of halogens is 3. The molecule has 0 saturated carbocycles. The average Bonchev–Trinajstić information content (AvgIpc) is 2.26. The number of amides is 1. The summed E-state index contributed by atoms with van der Waals surface area (Å²) in [6, 6.07) is 0.750. The lowest BCUT2D eigenvalue weighted by Gasteiger charge is -2.25. The highest BCUT2D eigenvalue weighted by molar-refractivity contribution is 5.85. The van der Waals surface area contributed by atoms with Gasteiger partial charge in [0.15, 0.2) is 0 Å². The van der Waals surface area contributed by atoms with Crippen molar-refractivity contribution >= 4 is 11.8 Å². The summed E-state index contributed by atoms with van der Waals surface area (Å²) in [6.45, 7) is 4.88. The second kappa shape index (κ2) is 5.66. The first-order valence-corrected chi connectivity index (χ1v) is 5.64. The number of carbonyl (C=O) groups excluding carboxylic acids is 1. The van der Waals surface area contributed by atoms with Gasteiger partial charge in [-0.05, 0) is 26.8 Å². The highest BCUT2D eigenvalue weighted by Crippen LogP contribution is 2.31. The Morgan fingerprint density at radius 2 is 1.85 bits per heavy atom. The fourth-order valence-corrected chi connectivity index (χ4v) is 1.28. The lowest BCUT2D eigenvalue weighted by atomic mass is 10.2. The Balaban J connectivity index is 3.04. The van der Waals surface area contributed by atoms with Crippen LogP contribution >= 0.6 is 0 Å². The van der Waals surface area contributed by atoms with Crippen LogP contribution in [0, 0.1) is 0 Å². The molecular formula is C12H15F3N2O3. The Morgan fingerprint density at radius 1 is 1.25 bits per heavy atom. The number of hydroxylamine groups is 1. The Labute approximate surface area is 114 Å². The molecule has 0 radical (unpaired) electrons. The molecule has 1 aromatic rings. The summed E-state index contributed by atoms with van der Waals surface area (Å²) in [5, 5.41) is 0.605. The van der Waals surface area contributed by atoms with Gasteiger partial charge in [-0.1, -0.05) is 0 Å². The van der Waals surface area contributed by atoms with Crippen molar-refractivity contribution in [2.75, 3.05) is 12.2 Å². The van der Waals surface area contributed by atoms with Gasteiger partial charge in [-0.2, -0.15) is 18.2 Å². The standard InChI is InChI=1S/C12H15F3N2O3/c1-11(2,3)20-10(18)17(19-4)9-5-8(6-16-7-9)12(13,14)15/h5-7H,1-4H3. The van der Waals surface area contributed by atoms with E-state index in [1.54, 1.807) is 20.8 Å². The van der Waals surface area contributed by atoms with E-state index in [-0.39, 0.29) is 5.69 Å². The number of nitrogens with zero attached hydrogens (tertiary/aromatic N) is 2. The van der Waals surface area contributed by atoms with Crippen LogP contribution in [0.4, 0.5) is 23.7 Å². The molecule has 1 amide bonds. The molecule has 0 aliphatic carbocycles. The van der Waals surface area contributed by atoms with E-state index in [0.29, 0.717) is 11.3 Å². The van der Waals surface area contributed by atoms with Crippen LogP contribution in [0.1, 0.15) is 26.3 Å². The summed E-state index contributed by atoms with van der Waals surface area (Å²) in [5.74, 6) is 0. The second-order valence-electron chi connectivity index (χ2n) is 4.89. The van der Waals surface area contributed by atoms with Crippen LogP contribution in [-0.4, -0.2) is 23.8 Å². The van der Waals surface area contributed by atoms with Crippen molar-refractivity contribution in [1.82, 2.24) is 4.98 Å². The number of anilines is 1.